The van der Waals surface area contributed by atoms with Crippen LogP contribution < -0.4 is 4.74 Å². The van der Waals surface area contributed by atoms with Crippen molar-refractivity contribution in [1.82, 2.24) is 14.8 Å². The van der Waals surface area contributed by atoms with Gasteiger partial charge in [-0.3, -0.25) is 14.6 Å². The first kappa shape index (κ1) is 20.0. The van der Waals surface area contributed by atoms with E-state index >= 15 is 0 Å². The lowest BCUT2D eigenvalue weighted by molar-refractivity contribution is -0.147. The van der Waals surface area contributed by atoms with E-state index in [1.165, 1.54) is 0 Å². The third-order valence-corrected chi connectivity index (χ3v) is 6.55. The number of amides is 2. The summed E-state index contributed by atoms with van der Waals surface area (Å²) in [4.78, 5) is 34.9. The molecule has 0 bridgehead atoms. The summed E-state index contributed by atoms with van der Waals surface area (Å²) in [7, 11) is 0. The van der Waals surface area contributed by atoms with Gasteiger partial charge in [-0.15, -0.1) is 0 Å². The Balaban J connectivity index is 1.39. The van der Waals surface area contributed by atoms with Crippen molar-refractivity contribution < 1.29 is 19.1 Å². The largest absolute Gasteiger partial charge is 0.487 e. The van der Waals surface area contributed by atoms with Gasteiger partial charge in [0.2, 0.25) is 11.8 Å². The van der Waals surface area contributed by atoms with Crippen molar-refractivity contribution in [3.05, 3.63) is 60.4 Å². The van der Waals surface area contributed by atoms with Crippen LogP contribution in [0.25, 0.3) is 0 Å². The number of hydrogen-bond acceptors (Lipinski definition) is 5. The van der Waals surface area contributed by atoms with E-state index in [0.717, 1.165) is 18.4 Å². The number of morpholine rings is 1. The number of hydrogen-bond donors (Lipinski definition) is 0. The van der Waals surface area contributed by atoms with Crippen LogP contribution in [0.15, 0.2) is 54.9 Å². The van der Waals surface area contributed by atoms with E-state index in [1.54, 1.807) is 17.3 Å². The number of benzene rings is 1. The summed E-state index contributed by atoms with van der Waals surface area (Å²) < 4.78 is 11.5. The average Bonchev–Trinajstić information content (AvgIpc) is 3.54. The summed E-state index contributed by atoms with van der Waals surface area (Å²) in [6.07, 6.45) is 5.24. The molecule has 31 heavy (non-hydrogen) atoms. The molecule has 1 aromatic carbocycles. The minimum atomic E-state index is -0.506. The van der Waals surface area contributed by atoms with Crippen LogP contribution in [0.1, 0.15) is 24.8 Å². The maximum Gasteiger partial charge on any atom is 0.245 e. The summed E-state index contributed by atoms with van der Waals surface area (Å²) in [5.41, 5.74) is 0.530. The molecule has 1 aromatic heterocycles. The fourth-order valence-electron chi connectivity index (χ4n) is 4.73. The fraction of sp³-hybridized carbons (Fsp3) is 0.458. The molecule has 1 aliphatic carbocycles. The van der Waals surface area contributed by atoms with E-state index in [-0.39, 0.29) is 17.9 Å². The van der Waals surface area contributed by atoms with Crippen LogP contribution in [-0.4, -0.2) is 71.6 Å². The molecule has 2 saturated heterocycles. The first-order valence-corrected chi connectivity index (χ1v) is 11.0. The molecule has 2 amide bonds. The minimum Gasteiger partial charge on any atom is -0.487 e. The van der Waals surface area contributed by atoms with Crippen LogP contribution in [0.2, 0.25) is 0 Å². The topological polar surface area (TPSA) is 72.0 Å². The van der Waals surface area contributed by atoms with E-state index in [1.807, 2.05) is 47.4 Å². The van der Waals surface area contributed by atoms with Crippen LogP contribution in [0.4, 0.5) is 0 Å². The van der Waals surface area contributed by atoms with Gasteiger partial charge < -0.3 is 19.3 Å². The lowest BCUT2D eigenvalue weighted by Gasteiger charge is -2.33. The Morgan fingerprint density at radius 2 is 1.84 bits per heavy atom. The van der Waals surface area contributed by atoms with Gasteiger partial charge in [-0.1, -0.05) is 30.3 Å². The predicted octanol–water partition coefficient (Wildman–Crippen LogP) is 2.02. The SMILES string of the molecule is O=C(C1CC(Oc2cccnc2)CN1C(=O)C1(c2ccccc2)CC1)N1CCOCC1. The number of carbonyl (C=O) groups is 2. The van der Waals surface area contributed by atoms with Crippen molar-refractivity contribution in [2.24, 2.45) is 0 Å². The molecule has 3 heterocycles. The Morgan fingerprint density at radius 3 is 2.52 bits per heavy atom. The summed E-state index contributed by atoms with van der Waals surface area (Å²) >= 11 is 0. The highest BCUT2D eigenvalue weighted by Crippen LogP contribution is 2.50. The number of aromatic nitrogens is 1. The van der Waals surface area contributed by atoms with E-state index in [4.69, 9.17) is 9.47 Å². The number of ether oxygens (including phenoxy) is 2. The third-order valence-electron chi connectivity index (χ3n) is 6.55. The van der Waals surface area contributed by atoms with E-state index in [2.05, 4.69) is 4.98 Å². The number of rotatable bonds is 5. The molecule has 3 fully saturated rings. The van der Waals surface area contributed by atoms with Gasteiger partial charge in [0.05, 0.1) is 31.4 Å². The molecule has 2 aliphatic heterocycles. The maximum atomic E-state index is 13.8. The first-order chi connectivity index (χ1) is 15.2. The smallest absolute Gasteiger partial charge is 0.245 e. The van der Waals surface area contributed by atoms with Gasteiger partial charge in [-0.2, -0.15) is 0 Å². The molecule has 3 aliphatic rings. The lowest BCUT2D eigenvalue weighted by Crippen LogP contribution is -2.52. The summed E-state index contributed by atoms with van der Waals surface area (Å²) in [5.74, 6) is 0.698. The Bertz CT molecular complexity index is 926. The average molecular weight is 421 g/mol. The van der Waals surface area contributed by atoms with Gasteiger partial charge in [-0.25, -0.2) is 0 Å². The Hall–Kier alpha value is -2.93. The second kappa shape index (κ2) is 8.30. The van der Waals surface area contributed by atoms with Crippen LogP contribution >= 0.6 is 0 Å². The van der Waals surface area contributed by atoms with Crippen LogP contribution in [0.3, 0.4) is 0 Å². The van der Waals surface area contributed by atoms with Crippen molar-refractivity contribution in [2.75, 3.05) is 32.8 Å². The number of pyridine rings is 1. The molecule has 2 unspecified atom stereocenters. The summed E-state index contributed by atoms with van der Waals surface area (Å²) in [6, 6.07) is 13.1. The van der Waals surface area contributed by atoms with Gasteiger partial charge in [0, 0.05) is 25.7 Å². The van der Waals surface area contributed by atoms with Crippen LogP contribution in [0.5, 0.6) is 5.75 Å². The molecular formula is C24H27N3O4. The highest BCUT2D eigenvalue weighted by molar-refractivity contribution is 5.95. The first-order valence-electron chi connectivity index (χ1n) is 11.0. The van der Waals surface area contributed by atoms with Gasteiger partial charge in [0.15, 0.2) is 0 Å². The van der Waals surface area contributed by atoms with E-state index < -0.39 is 11.5 Å². The zero-order valence-corrected chi connectivity index (χ0v) is 17.5. The van der Waals surface area contributed by atoms with Gasteiger partial charge in [0.1, 0.15) is 17.9 Å². The second-order valence-corrected chi connectivity index (χ2v) is 8.52. The molecule has 2 aromatic rings. The molecule has 0 N–H and O–H groups in total. The molecular weight excluding hydrogens is 394 g/mol. The third kappa shape index (κ3) is 3.90. The predicted molar refractivity (Wildman–Crippen MR) is 114 cm³/mol. The van der Waals surface area contributed by atoms with Crippen LogP contribution in [0, 0.1) is 0 Å². The normalized spacial score (nSPS) is 24.6. The standard InChI is InChI=1S/C24H27N3O4/c28-22(26-11-13-30-14-12-26)21-15-20(31-19-7-4-10-25-16-19)17-27(21)23(29)24(8-9-24)18-5-2-1-3-6-18/h1-7,10,16,20-21H,8-9,11-15,17H2. The summed E-state index contributed by atoms with van der Waals surface area (Å²) in [5, 5.41) is 0. The van der Waals surface area contributed by atoms with Gasteiger partial charge in [0.25, 0.3) is 0 Å². The van der Waals surface area contributed by atoms with Crippen molar-refractivity contribution in [3.63, 3.8) is 0 Å². The number of carbonyl (C=O) groups excluding carboxylic acids is 2. The van der Waals surface area contributed by atoms with Gasteiger partial charge >= 0.3 is 0 Å². The molecule has 0 spiro atoms. The Morgan fingerprint density at radius 1 is 1.06 bits per heavy atom. The maximum absolute atomic E-state index is 13.8. The fourth-order valence-corrected chi connectivity index (χ4v) is 4.73. The van der Waals surface area contributed by atoms with Crippen molar-refractivity contribution in [2.45, 2.75) is 36.8 Å². The number of nitrogens with zero attached hydrogens (tertiary/aromatic N) is 3. The minimum absolute atomic E-state index is 0.00204. The molecule has 1 saturated carbocycles. The van der Waals surface area contributed by atoms with Crippen molar-refractivity contribution in [1.29, 1.82) is 0 Å². The highest BCUT2D eigenvalue weighted by atomic mass is 16.5. The molecule has 162 valence electrons. The van der Waals surface area contributed by atoms with Crippen molar-refractivity contribution in [3.8, 4) is 5.75 Å². The molecule has 7 heteroatoms. The Labute approximate surface area is 182 Å². The molecule has 5 rings (SSSR count). The zero-order valence-electron chi connectivity index (χ0n) is 17.5. The quantitative estimate of drug-likeness (QED) is 0.739. The van der Waals surface area contributed by atoms with E-state index in [0.29, 0.717) is 45.0 Å². The van der Waals surface area contributed by atoms with Crippen molar-refractivity contribution >= 4 is 11.8 Å². The number of likely N-dealkylation sites (tertiary alicyclic amines) is 1. The van der Waals surface area contributed by atoms with E-state index in [9.17, 15) is 9.59 Å². The molecule has 2 atom stereocenters. The van der Waals surface area contributed by atoms with Crippen LogP contribution in [-0.2, 0) is 19.7 Å². The molecule has 0 radical (unpaired) electrons. The molecule has 7 nitrogen and oxygen atoms in total. The monoisotopic (exact) mass is 421 g/mol. The Kier molecular flexibility index (Phi) is 5.36. The highest BCUT2D eigenvalue weighted by Gasteiger charge is 2.56. The van der Waals surface area contributed by atoms with Gasteiger partial charge in [-0.05, 0) is 30.5 Å². The second-order valence-electron chi connectivity index (χ2n) is 8.52. The zero-order chi connectivity index (χ0) is 21.3. The lowest BCUT2D eigenvalue weighted by atomic mass is 9.94. The summed E-state index contributed by atoms with van der Waals surface area (Å²) in [6.45, 7) is 2.61.